The third-order valence-corrected chi connectivity index (χ3v) is 4.79. The zero-order valence-electron chi connectivity index (χ0n) is 16.0. The minimum Gasteiger partial charge on any atom is -0.351 e. The highest BCUT2D eigenvalue weighted by Gasteiger charge is 2.19. The molecule has 2 heterocycles. The van der Waals surface area contributed by atoms with Crippen molar-refractivity contribution >= 4 is 17.9 Å². The number of hydrogen-bond donors (Lipinski definition) is 1. The summed E-state index contributed by atoms with van der Waals surface area (Å²) >= 11 is 0. The summed E-state index contributed by atoms with van der Waals surface area (Å²) in [6.45, 7) is 9.01. The topological polar surface area (TPSA) is 78.1 Å². The van der Waals surface area contributed by atoms with Gasteiger partial charge in [-0.15, -0.1) is 0 Å². The summed E-state index contributed by atoms with van der Waals surface area (Å²) in [6.07, 6.45) is 4.94. The second-order valence-electron chi connectivity index (χ2n) is 6.74. The van der Waals surface area contributed by atoms with E-state index in [4.69, 9.17) is 0 Å². The molecule has 0 unspecified atom stereocenters. The normalized spacial score (nSPS) is 14.6. The van der Waals surface area contributed by atoms with Crippen molar-refractivity contribution in [3.8, 4) is 6.07 Å². The van der Waals surface area contributed by atoms with E-state index in [1.165, 1.54) is 0 Å². The van der Waals surface area contributed by atoms with Crippen LogP contribution in [0.2, 0.25) is 0 Å². The number of hydrogen-bond acceptors (Lipinski definition) is 3. The Hall–Kier alpha value is -2.55. The smallest absolute Gasteiger partial charge is 0.261 e. The van der Waals surface area contributed by atoms with Crippen LogP contribution in [0.25, 0.3) is 6.08 Å². The molecule has 0 aromatic carbocycles. The summed E-state index contributed by atoms with van der Waals surface area (Å²) in [6, 6.07) is 4.01. The zero-order valence-corrected chi connectivity index (χ0v) is 16.0. The van der Waals surface area contributed by atoms with E-state index in [-0.39, 0.29) is 17.4 Å². The van der Waals surface area contributed by atoms with Gasteiger partial charge in [-0.25, -0.2) is 0 Å². The van der Waals surface area contributed by atoms with Gasteiger partial charge in [0.05, 0.1) is 0 Å². The standard InChI is InChI=1S/C20H28N4O2/c1-4-9-24-15(2)12-17(16(24)3)13-18(14-21)20(26)22-8-6-11-23-10-5-7-19(23)25/h12-13H,4-11H2,1-3H3,(H,22,26)/b18-13-. The maximum absolute atomic E-state index is 12.3. The number of likely N-dealkylation sites (tertiary alicyclic amines) is 1. The third kappa shape index (κ3) is 4.75. The number of nitrogens with zero attached hydrogens (tertiary/aromatic N) is 3. The van der Waals surface area contributed by atoms with E-state index in [2.05, 4.69) is 16.8 Å². The highest BCUT2D eigenvalue weighted by atomic mass is 16.2. The molecule has 0 atom stereocenters. The van der Waals surface area contributed by atoms with E-state index in [0.717, 1.165) is 42.9 Å². The lowest BCUT2D eigenvalue weighted by molar-refractivity contribution is -0.127. The Morgan fingerprint density at radius 2 is 2.15 bits per heavy atom. The van der Waals surface area contributed by atoms with E-state index < -0.39 is 0 Å². The molecule has 0 bridgehead atoms. The van der Waals surface area contributed by atoms with Crippen molar-refractivity contribution in [2.45, 2.75) is 53.0 Å². The SMILES string of the molecule is CCCn1c(C)cc(/C=C(/C#N)C(=O)NCCCN2CCCC2=O)c1C. The molecule has 0 aliphatic carbocycles. The number of aryl methyl sites for hydroxylation is 1. The van der Waals surface area contributed by atoms with E-state index in [1.54, 1.807) is 6.08 Å². The summed E-state index contributed by atoms with van der Waals surface area (Å²) in [5.41, 5.74) is 3.21. The molecule has 2 rings (SSSR count). The first kappa shape index (κ1) is 19.8. The van der Waals surface area contributed by atoms with Gasteiger partial charge in [-0.1, -0.05) is 6.92 Å². The summed E-state index contributed by atoms with van der Waals surface area (Å²) < 4.78 is 2.20. The van der Waals surface area contributed by atoms with Crippen LogP contribution in [-0.4, -0.2) is 40.9 Å². The van der Waals surface area contributed by atoms with Crippen molar-refractivity contribution < 1.29 is 9.59 Å². The first-order chi connectivity index (χ1) is 12.5. The van der Waals surface area contributed by atoms with Gasteiger partial charge >= 0.3 is 0 Å². The fraction of sp³-hybridized carbons (Fsp3) is 0.550. The van der Waals surface area contributed by atoms with Gasteiger partial charge in [0.15, 0.2) is 0 Å². The molecule has 2 amide bonds. The molecule has 6 heteroatoms. The molecule has 1 saturated heterocycles. The Labute approximate surface area is 155 Å². The summed E-state index contributed by atoms with van der Waals surface area (Å²) in [5, 5.41) is 12.1. The predicted octanol–water partition coefficient (Wildman–Crippen LogP) is 2.55. The van der Waals surface area contributed by atoms with Crippen LogP contribution in [0.5, 0.6) is 0 Å². The van der Waals surface area contributed by atoms with Crippen molar-refractivity contribution in [2.24, 2.45) is 0 Å². The molecule has 1 aliphatic rings. The Kier molecular flexibility index (Phi) is 7.02. The van der Waals surface area contributed by atoms with Gasteiger partial charge in [0.25, 0.3) is 5.91 Å². The molecule has 6 nitrogen and oxygen atoms in total. The first-order valence-electron chi connectivity index (χ1n) is 9.32. The quantitative estimate of drug-likeness (QED) is 0.442. The first-order valence-corrected chi connectivity index (χ1v) is 9.32. The van der Waals surface area contributed by atoms with E-state index in [9.17, 15) is 14.9 Å². The average Bonchev–Trinajstić information content (AvgIpc) is 3.14. The molecule has 0 saturated carbocycles. The van der Waals surface area contributed by atoms with Gasteiger partial charge in [-0.3, -0.25) is 9.59 Å². The lowest BCUT2D eigenvalue weighted by Crippen LogP contribution is -2.31. The fourth-order valence-corrected chi connectivity index (χ4v) is 3.35. The van der Waals surface area contributed by atoms with Crippen molar-refractivity contribution in [1.29, 1.82) is 5.26 Å². The van der Waals surface area contributed by atoms with Crippen LogP contribution in [-0.2, 0) is 16.1 Å². The monoisotopic (exact) mass is 356 g/mol. The largest absolute Gasteiger partial charge is 0.351 e. The second kappa shape index (κ2) is 9.23. The van der Waals surface area contributed by atoms with Crippen LogP contribution in [0.15, 0.2) is 11.6 Å². The molecule has 1 aromatic rings. The molecular formula is C20H28N4O2. The van der Waals surface area contributed by atoms with Crippen molar-refractivity contribution in [3.63, 3.8) is 0 Å². The highest BCUT2D eigenvalue weighted by molar-refractivity contribution is 6.01. The van der Waals surface area contributed by atoms with Crippen LogP contribution >= 0.6 is 0 Å². The summed E-state index contributed by atoms with van der Waals surface area (Å²) in [5.74, 6) is -0.170. The maximum atomic E-state index is 12.3. The number of aromatic nitrogens is 1. The zero-order chi connectivity index (χ0) is 19.1. The van der Waals surface area contributed by atoms with Gasteiger partial charge in [0, 0.05) is 44.0 Å². The van der Waals surface area contributed by atoms with E-state index in [1.807, 2.05) is 30.9 Å². The molecule has 1 aliphatic heterocycles. The van der Waals surface area contributed by atoms with Crippen LogP contribution in [0.4, 0.5) is 0 Å². The molecule has 1 fully saturated rings. The molecule has 26 heavy (non-hydrogen) atoms. The van der Waals surface area contributed by atoms with Crippen LogP contribution in [0.1, 0.15) is 49.6 Å². The van der Waals surface area contributed by atoms with Crippen molar-refractivity contribution in [1.82, 2.24) is 14.8 Å². The lowest BCUT2D eigenvalue weighted by Gasteiger charge is -2.15. The Morgan fingerprint density at radius 1 is 1.38 bits per heavy atom. The minimum absolute atomic E-state index is 0.110. The fourth-order valence-electron chi connectivity index (χ4n) is 3.35. The molecule has 140 valence electrons. The number of nitriles is 1. The van der Waals surface area contributed by atoms with Crippen LogP contribution in [0, 0.1) is 25.2 Å². The highest BCUT2D eigenvalue weighted by Crippen LogP contribution is 2.18. The number of carbonyl (C=O) groups excluding carboxylic acids is 2. The number of carbonyl (C=O) groups is 2. The molecule has 1 N–H and O–H groups in total. The van der Waals surface area contributed by atoms with Crippen molar-refractivity contribution in [3.05, 3.63) is 28.6 Å². The van der Waals surface area contributed by atoms with Gasteiger partial charge < -0.3 is 14.8 Å². The van der Waals surface area contributed by atoms with E-state index >= 15 is 0 Å². The lowest BCUT2D eigenvalue weighted by atomic mass is 10.1. The Balaban J connectivity index is 1.93. The molecule has 1 aromatic heterocycles. The number of amides is 2. The van der Waals surface area contributed by atoms with E-state index in [0.29, 0.717) is 25.9 Å². The maximum Gasteiger partial charge on any atom is 0.261 e. The third-order valence-electron chi connectivity index (χ3n) is 4.79. The molecule has 0 radical (unpaired) electrons. The van der Waals surface area contributed by atoms with Crippen LogP contribution < -0.4 is 5.32 Å². The summed E-state index contributed by atoms with van der Waals surface area (Å²) in [7, 11) is 0. The Morgan fingerprint density at radius 3 is 2.77 bits per heavy atom. The summed E-state index contributed by atoms with van der Waals surface area (Å²) in [4.78, 5) is 25.7. The van der Waals surface area contributed by atoms with Gasteiger partial charge in [-0.05, 0) is 50.8 Å². The second-order valence-corrected chi connectivity index (χ2v) is 6.74. The van der Waals surface area contributed by atoms with Gasteiger partial charge in [-0.2, -0.15) is 5.26 Å². The van der Waals surface area contributed by atoms with Gasteiger partial charge in [0.1, 0.15) is 11.6 Å². The molecular weight excluding hydrogens is 328 g/mol. The minimum atomic E-state index is -0.361. The Bertz CT molecular complexity index is 740. The number of nitrogens with one attached hydrogen (secondary N) is 1. The van der Waals surface area contributed by atoms with Crippen LogP contribution in [0.3, 0.4) is 0 Å². The molecule has 0 spiro atoms. The average molecular weight is 356 g/mol. The predicted molar refractivity (Wildman–Crippen MR) is 101 cm³/mol. The number of rotatable bonds is 8. The van der Waals surface area contributed by atoms with Crippen molar-refractivity contribution in [2.75, 3.05) is 19.6 Å². The van der Waals surface area contributed by atoms with Gasteiger partial charge in [0.2, 0.25) is 5.91 Å².